The maximum Gasteiger partial charge on any atom is 0.278 e. The number of anilines is 1. The lowest BCUT2D eigenvalue weighted by Crippen LogP contribution is -2.30. The van der Waals surface area contributed by atoms with E-state index in [1.807, 2.05) is 44.2 Å². The third kappa shape index (κ3) is 5.62. The summed E-state index contributed by atoms with van der Waals surface area (Å²) in [5, 5.41) is 19.0. The number of ether oxygens (including phenoxy) is 1. The number of carbonyl (C=O) groups is 1. The summed E-state index contributed by atoms with van der Waals surface area (Å²) in [5.41, 5.74) is 1.90. The van der Waals surface area contributed by atoms with Gasteiger partial charge >= 0.3 is 0 Å². The molecular formula is C23H24N2O5S. The van der Waals surface area contributed by atoms with Crippen LogP contribution in [-0.4, -0.2) is 27.0 Å². The molecule has 7 nitrogen and oxygen atoms in total. The summed E-state index contributed by atoms with van der Waals surface area (Å²) < 4.78 is 20.8. The minimum absolute atomic E-state index is 0.0797. The van der Waals surface area contributed by atoms with Gasteiger partial charge in [0, 0.05) is 12.6 Å². The van der Waals surface area contributed by atoms with Crippen molar-refractivity contribution in [3.8, 4) is 17.2 Å². The van der Waals surface area contributed by atoms with Crippen LogP contribution < -0.4 is 14.5 Å². The maximum absolute atomic E-state index is 13.3. The van der Waals surface area contributed by atoms with Crippen LogP contribution in [0.15, 0.2) is 77.7 Å². The fourth-order valence-corrected chi connectivity index (χ4v) is 4.27. The van der Waals surface area contributed by atoms with Crippen LogP contribution in [0.2, 0.25) is 0 Å². The highest BCUT2D eigenvalue weighted by Gasteiger charge is 2.20. The number of nitrogens with zero attached hydrogens (tertiary/aromatic N) is 1. The number of hydroxylamine groups is 1. The van der Waals surface area contributed by atoms with Gasteiger partial charge in [-0.1, -0.05) is 32.0 Å². The first-order chi connectivity index (χ1) is 14.9. The largest absolute Gasteiger partial charge is 0.507 e. The Kier molecular flexibility index (Phi) is 7.28. The number of amides is 1. The second-order valence-electron chi connectivity index (χ2n) is 7.23. The smallest absolute Gasteiger partial charge is 0.278 e. The van der Waals surface area contributed by atoms with Crippen molar-refractivity contribution in [3.63, 3.8) is 0 Å². The van der Waals surface area contributed by atoms with Crippen LogP contribution in [0.4, 0.5) is 5.69 Å². The zero-order chi connectivity index (χ0) is 22.4. The number of benzene rings is 3. The molecule has 0 aliphatic carbocycles. The molecule has 162 valence electrons. The summed E-state index contributed by atoms with van der Waals surface area (Å²) >= 11 is 0. The minimum atomic E-state index is -1.56. The summed E-state index contributed by atoms with van der Waals surface area (Å²) in [6, 6.07) is 20.6. The lowest BCUT2D eigenvalue weighted by atomic mass is 10.1. The van der Waals surface area contributed by atoms with Crippen molar-refractivity contribution < 1.29 is 24.1 Å². The second kappa shape index (κ2) is 10.1. The summed E-state index contributed by atoms with van der Waals surface area (Å²) in [6.45, 7) is 4.45. The Morgan fingerprint density at radius 2 is 1.68 bits per heavy atom. The van der Waals surface area contributed by atoms with E-state index < -0.39 is 16.9 Å². The zero-order valence-corrected chi connectivity index (χ0v) is 18.0. The third-order valence-electron chi connectivity index (χ3n) is 4.35. The SMILES string of the molecule is CC(C)CN(c1ccc(C(=O)NO)c(O)c1)S(=O)c1ccc(Oc2ccccc2)cc1. The molecule has 8 heteroatoms. The van der Waals surface area contributed by atoms with E-state index in [-0.39, 0.29) is 17.2 Å². The van der Waals surface area contributed by atoms with Gasteiger partial charge in [-0.3, -0.25) is 14.3 Å². The Morgan fingerprint density at radius 1 is 1.03 bits per heavy atom. The van der Waals surface area contributed by atoms with E-state index in [9.17, 15) is 14.1 Å². The molecule has 0 spiro atoms. The molecule has 0 aliphatic rings. The Labute approximate surface area is 183 Å². The number of rotatable bonds is 8. The van der Waals surface area contributed by atoms with Crippen molar-refractivity contribution in [2.24, 2.45) is 5.92 Å². The summed E-state index contributed by atoms with van der Waals surface area (Å²) in [6.07, 6.45) is 0. The van der Waals surface area contributed by atoms with E-state index in [4.69, 9.17) is 9.94 Å². The standard InChI is InChI=1S/C23H24N2O5S/c1-16(2)15-25(17-8-13-21(22(26)14-17)23(27)24-28)31(29)20-11-9-19(10-12-20)30-18-6-4-3-5-7-18/h3-14,16,26,28H,15H2,1-2H3,(H,24,27). The molecule has 3 aromatic carbocycles. The Bertz CT molecular complexity index is 1060. The summed E-state index contributed by atoms with van der Waals surface area (Å²) in [4.78, 5) is 12.2. The molecule has 3 N–H and O–H groups in total. The quantitative estimate of drug-likeness (QED) is 0.354. The van der Waals surface area contributed by atoms with Gasteiger partial charge in [0.15, 0.2) is 11.0 Å². The molecule has 0 aliphatic heterocycles. The molecule has 0 aromatic heterocycles. The van der Waals surface area contributed by atoms with Crippen LogP contribution >= 0.6 is 0 Å². The third-order valence-corrected chi connectivity index (χ3v) is 5.79. The Hall–Kier alpha value is -3.36. The molecule has 31 heavy (non-hydrogen) atoms. The number of hydrogen-bond acceptors (Lipinski definition) is 5. The predicted octanol–water partition coefficient (Wildman–Crippen LogP) is 4.49. The first kappa shape index (κ1) is 22.3. The number of hydrogen-bond donors (Lipinski definition) is 3. The average molecular weight is 441 g/mol. The van der Waals surface area contributed by atoms with Crippen molar-refractivity contribution >= 4 is 22.6 Å². The fourth-order valence-electron chi connectivity index (χ4n) is 2.90. The lowest BCUT2D eigenvalue weighted by molar-refractivity contribution is 0.0703. The molecule has 0 fully saturated rings. The van der Waals surface area contributed by atoms with Crippen LogP contribution in [0.5, 0.6) is 17.2 Å². The number of phenols is 1. The van der Waals surface area contributed by atoms with E-state index in [2.05, 4.69) is 0 Å². The Morgan fingerprint density at radius 3 is 2.26 bits per heavy atom. The van der Waals surface area contributed by atoms with Gasteiger partial charge < -0.3 is 9.84 Å². The molecule has 0 heterocycles. The van der Waals surface area contributed by atoms with Gasteiger partial charge in [0.25, 0.3) is 5.91 Å². The molecule has 0 radical (unpaired) electrons. The van der Waals surface area contributed by atoms with Crippen molar-refractivity contribution in [3.05, 3.63) is 78.4 Å². The van der Waals surface area contributed by atoms with Crippen LogP contribution in [0, 0.1) is 5.92 Å². The van der Waals surface area contributed by atoms with Gasteiger partial charge in [0.2, 0.25) is 0 Å². The predicted molar refractivity (Wildman–Crippen MR) is 119 cm³/mol. The van der Waals surface area contributed by atoms with Gasteiger partial charge in [-0.25, -0.2) is 9.69 Å². The Balaban J connectivity index is 1.84. The number of aromatic hydroxyl groups is 1. The number of nitrogens with one attached hydrogen (secondary N) is 1. The molecule has 3 aromatic rings. The fraction of sp³-hybridized carbons (Fsp3) is 0.174. The van der Waals surface area contributed by atoms with Crippen molar-refractivity contribution in [1.29, 1.82) is 0 Å². The van der Waals surface area contributed by atoms with Crippen LogP contribution in [0.25, 0.3) is 0 Å². The molecule has 1 unspecified atom stereocenters. The molecule has 0 saturated heterocycles. The lowest BCUT2D eigenvalue weighted by Gasteiger charge is -2.26. The highest BCUT2D eigenvalue weighted by molar-refractivity contribution is 7.86. The average Bonchev–Trinajstić information content (AvgIpc) is 2.77. The van der Waals surface area contributed by atoms with Crippen LogP contribution in [-0.2, 0) is 11.0 Å². The number of carbonyl (C=O) groups excluding carboxylic acids is 1. The summed E-state index contributed by atoms with van der Waals surface area (Å²) in [5.74, 6) is 0.378. The van der Waals surface area contributed by atoms with Crippen molar-refractivity contribution in [1.82, 2.24) is 5.48 Å². The highest BCUT2D eigenvalue weighted by Crippen LogP contribution is 2.29. The van der Waals surface area contributed by atoms with E-state index in [1.54, 1.807) is 34.6 Å². The minimum Gasteiger partial charge on any atom is -0.507 e. The molecule has 3 rings (SSSR count). The van der Waals surface area contributed by atoms with E-state index in [0.29, 0.717) is 28.6 Å². The molecular weight excluding hydrogens is 416 g/mol. The normalized spacial score (nSPS) is 11.7. The van der Waals surface area contributed by atoms with Gasteiger partial charge in [-0.15, -0.1) is 0 Å². The van der Waals surface area contributed by atoms with Crippen molar-refractivity contribution in [2.45, 2.75) is 18.7 Å². The number of para-hydroxylation sites is 1. The summed E-state index contributed by atoms with van der Waals surface area (Å²) in [7, 11) is -1.56. The molecule has 1 amide bonds. The maximum atomic E-state index is 13.3. The monoisotopic (exact) mass is 440 g/mol. The van der Waals surface area contributed by atoms with Crippen molar-refractivity contribution in [2.75, 3.05) is 10.8 Å². The van der Waals surface area contributed by atoms with E-state index in [0.717, 1.165) is 0 Å². The van der Waals surface area contributed by atoms with E-state index in [1.165, 1.54) is 17.6 Å². The number of phenolic OH excluding ortho intramolecular Hbond substituents is 1. The molecule has 1 atom stereocenters. The topological polar surface area (TPSA) is 99.1 Å². The molecule has 0 bridgehead atoms. The van der Waals surface area contributed by atoms with Crippen LogP contribution in [0.3, 0.4) is 0 Å². The first-order valence-electron chi connectivity index (χ1n) is 9.69. The highest BCUT2D eigenvalue weighted by atomic mass is 32.2. The van der Waals surface area contributed by atoms with E-state index >= 15 is 0 Å². The zero-order valence-electron chi connectivity index (χ0n) is 17.2. The second-order valence-corrected chi connectivity index (χ2v) is 8.64. The van der Waals surface area contributed by atoms with Crippen LogP contribution in [0.1, 0.15) is 24.2 Å². The first-order valence-corrected chi connectivity index (χ1v) is 10.8. The van der Waals surface area contributed by atoms with Gasteiger partial charge in [0.05, 0.1) is 16.1 Å². The van der Waals surface area contributed by atoms with Gasteiger partial charge in [-0.2, -0.15) is 0 Å². The van der Waals surface area contributed by atoms with Gasteiger partial charge in [0.1, 0.15) is 17.2 Å². The molecule has 0 saturated carbocycles. The van der Waals surface area contributed by atoms with Gasteiger partial charge in [-0.05, 0) is 54.4 Å².